The third kappa shape index (κ3) is 3.23. The molecule has 2 rings (SSSR count). The second-order valence-electron chi connectivity index (χ2n) is 5.32. The first-order valence-corrected chi connectivity index (χ1v) is 7.82. The summed E-state index contributed by atoms with van der Waals surface area (Å²) < 4.78 is 26.2. The highest BCUT2D eigenvalue weighted by Gasteiger charge is 2.40. The van der Waals surface area contributed by atoms with E-state index < -0.39 is 38.3 Å². The minimum absolute atomic E-state index is 0.0700. The van der Waals surface area contributed by atoms with Crippen LogP contribution in [-0.4, -0.2) is 72.0 Å². The Morgan fingerprint density at radius 3 is 2.67 bits per heavy atom. The number of aromatic nitrogens is 2. The van der Waals surface area contributed by atoms with Crippen molar-refractivity contribution in [1.82, 2.24) is 19.2 Å². The number of rotatable bonds is 4. The van der Waals surface area contributed by atoms with Gasteiger partial charge in [0.15, 0.2) is 4.90 Å². The van der Waals surface area contributed by atoms with E-state index in [1.165, 1.54) is 0 Å². The fourth-order valence-electron chi connectivity index (χ4n) is 2.46. The summed E-state index contributed by atoms with van der Waals surface area (Å²) in [6.07, 6.45) is 0.415. The maximum absolute atomic E-state index is 12.6. The summed E-state index contributed by atoms with van der Waals surface area (Å²) in [5.74, 6) is 0. The fraction of sp³-hybridized carbons (Fsp3) is 0.636. The van der Waals surface area contributed by atoms with Gasteiger partial charge in [-0.3, -0.25) is 9.78 Å². The van der Waals surface area contributed by atoms with Gasteiger partial charge in [0.2, 0.25) is 10.0 Å². The molecule has 0 spiro atoms. The summed E-state index contributed by atoms with van der Waals surface area (Å²) in [5.41, 5.74) is -1.74. The van der Waals surface area contributed by atoms with Crippen LogP contribution in [0.4, 0.5) is 0 Å². The van der Waals surface area contributed by atoms with Crippen molar-refractivity contribution in [2.75, 3.05) is 27.2 Å². The Kier molecular flexibility index (Phi) is 4.33. The third-order valence-electron chi connectivity index (χ3n) is 3.29. The van der Waals surface area contributed by atoms with Gasteiger partial charge < -0.3 is 15.0 Å². The number of aliphatic hydroxyl groups is 1. The Morgan fingerprint density at radius 2 is 2.10 bits per heavy atom. The number of sulfonamides is 1. The molecular weight excluding hydrogens is 300 g/mol. The molecule has 1 aromatic heterocycles. The number of likely N-dealkylation sites (N-methyl/N-ethyl adjacent to an activating group) is 1. The van der Waals surface area contributed by atoms with Crippen molar-refractivity contribution in [2.45, 2.75) is 23.5 Å². The fourth-order valence-corrected chi connectivity index (χ4v) is 4.12. The second kappa shape index (κ2) is 5.72. The van der Waals surface area contributed by atoms with Gasteiger partial charge in [0.25, 0.3) is 5.56 Å². The van der Waals surface area contributed by atoms with Gasteiger partial charge >= 0.3 is 5.69 Å². The maximum atomic E-state index is 12.6. The highest BCUT2D eigenvalue weighted by molar-refractivity contribution is 7.89. The van der Waals surface area contributed by atoms with Gasteiger partial charge in [0.05, 0.1) is 6.10 Å². The van der Waals surface area contributed by atoms with Crippen molar-refractivity contribution >= 4 is 10.0 Å². The first-order valence-electron chi connectivity index (χ1n) is 6.38. The molecule has 1 aliphatic rings. The third-order valence-corrected chi connectivity index (χ3v) is 5.21. The molecule has 0 aliphatic carbocycles. The molecule has 10 heteroatoms. The van der Waals surface area contributed by atoms with Crippen molar-refractivity contribution in [1.29, 1.82) is 0 Å². The monoisotopic (exact) mass is 318 g/mol. The van der Waals surface area contributed by atoms with E-state index in [0.717, 1.165) is 10.5 Å². The first kappa shape index (κ1) is 15.9. The molecule has 1 aliphatic heterocycles. The molecule has 0 aromatic carbocycles. The molecule has 118 valence electrons. The van der Waals surface area contributed by atoms with E-state index in [-0.39, 0.29) is 6.54 Å². The average Bonchev–Trinajstić information content (AvgIpc) is 2.69. The van der Waals surface area contributed by atoms with E-state index >= 15 is 0 Å². The molecule has 2 unspecified atom stereocenters. The Bertz CT molecular complexity index is 723. The second-order valence-corrected chi connectivity index (χ2v) is 7.18. The van der Waals surface area contributed by atoms with Crippen LogP contribution >= 0.6 is 0 Å². The van der Waals surface area contributed by atoms with E-state index in [4.69, 9.17) is 0 Å². The Hall–Kier alpha value is -1.49. The van der Waals surface area contributed by atoms with Gasteiger partial charge in [-0.25, -0.2) is 13.2 Å². The summed E-state index contributed by atoms with van der Waals surface area (Å²) in [6.45, 7) is 0.358. The van der Waals surface area contributed by atoms with Gasteiger partial charge in [0, 0.05) is 25.3 Å². The number of β-amino-alcohol motifs (C(OH)–C–C–N with tert-alkyl or cyclic N) is 1. The van der Waals surface area contributed by atoms with E-state index in [1.807, 2.05) is 9.88 Å². The molecule has 9 nitrogen and oxygen atoms in total. The summed E-state index contributed by atoms with van der Waals surface area (Å²) >= 11 is 0. The Morgan fingerprint density at radius 1 is 1.43 bits per heavy atom. The van der Waals surface area contributed by atoms with Crippen LogP contribution in [-0.2, 0) is 10.0 Å². The minimum Gasteiger partial charge on any atom is -0.392 e. The van der Waals surface area contributed by atoms with E-state index in [2.05, 4.69) is 4.98 Å². The van der Waals surface area contributed by atoms with Crippen molar-refractivity contribution in [3.8, 4) is 0 Å². The molecular formula is C11H18N4O5S. The van der Waals surface area contributed by atoms with Gasteiger partial charge in [0.1, 0.15) is 0 Å². The number of nitrogens with one attached hydrogen (secondary N) is 2. The standard InChI is InChI=1S/C11H18N4O5S/c1-14(2)5-7-3-8(16)6-15(7)21(19,20)9-4-12-11(18)13-10(9)17/h4,7-8,16H,3,5-6H2,1-2H3,(H2,12,13,17,18). The van der Waals surface area contributed by atoms with Crippen LogP contribution in [0.5, 0.6) is 0 Å². The zero-order valence-corrected chi connectivity index (χ0v) is 12.6. The summed E-state index contributed by atoms with van der Waals surface area (Å²) in [6, 6.07) is -0.425. The molecule has 0 amide bonds. The smallest absolute Gasteiger partial charge is 0.325 e. The van der Waals surface area contributed by atoms with Crippen LogP contribution in [0.2, 0.25) is 0 Å². The van der Waals surface area contributed by atoms with Crippen molar-refractivity contribution in [2.24, 2.45) is 0 Å². The first-order chi connectivity index (χ1) is 9.71. The summed E-state index contributed by atoms with van der Waals surface area (Å²) in [4.78, 5) is 28.0. The molecule has 1 aromatic rings. The van der Waals surface area contributed by atoms with Gasteiger partial charge in [-0.1, -0.05) is 0 Å². The number of nitrogens with zero attached hydrogens (tertiary/aromatic N) is 2. The molecule has 21 heavy (non-hydrogen) atoms. The lowest BCUT2D eigenvalue weighted by molar-refractivity contribution is 0.188. The number of hydrogen-bond donors (Lipinski definition) is 3. The van der Waals surface area contributed by atoms with Crippen LogP contribution in [0.25, 0.3) is 0 Å². The zero-order valence-electron chi connectivity index (χ0n) is 11.7. The lowest BCUT2D eigenvalue weighted by atomic mass is 10.2. The molecule has 2 heterocycles. The van der Waals surface area contributed by atoms with E-state index in [9.17, 15) is 23.1 Å². The van der Waals surface area contributed by atoms with Crippen LogP contribution in [0, 0.1) is 0 Å². The van der Waals surface area contributed by atoms with Crippen LogP contribution in [0.15, 0.2) is 20.7 Å². The minimum atomic E-state index is -4.08. The largest absolute Gasteiger partial charge is 0.392 e. The average molecular weight is 318 g/mol. The molecule has 0 radical (unpaired) electrons. The van der Waals surface area contributed by atoms with E-state index in [0.29, 0.717) is 13.0 Å². The Balaban J connectivity index is 2.42. The lowest BCUT2D eigenvalue weighted by Crippen LogP contribution is -2.43. The zero-order chi connectivity index (χ0) is 15.8. The van der Waals surface area contributed by atoms with Crippen molar-refractivity contribution in [3.63, 3.8) is 0 Å². The summed E-state index contributed by atoms with van der Waals surface area (Å²) in [7, 11) is -0.493. The normalized spacial score (nSPS) is 23.8. The molecule has 3 N–H and O–H groups in total. The van der Waals surface area contributed by atoms with Crippen LogP contribution in [0.3, 0.4) is 0 Å². The molecule has 1 saturated heterocycles. The van der Waals surface area contributed by atoms with E-state index in [1.54, 1.807) is 14.1 Å². The SMILES string of the molecule is CN(C)CC1CC(O)CN1S(=O)(=O)c1c[nH]c(=O)[nH]c1=O. The highest BCUT2D eigenvalue weighted by Crippen LogP contribution is 2.24. The maximum Gasteiger partial charge on any atom is 0.325 e. The van der Waals surface area contributed by atoms with Crippen molar-refractivity contribution in [3.05, 3.63) is 27.0 Å². The summed E-state index contributed by atoms with van der Waals surface area (Å²) in [5, 5.41) is 9.74. The number of aromatic amines is 2. The number of hydrogen-bond acceptors (Lipinski definition) is 6. The quantitative estimate of drug-likeness (QED) is 0.575. The predicted octanol–water partition coefficient (Wildman–Crippen LogP) is -2.25. The highest BCUT2D eigenvalue weighted by atomic mass is 32.2. The predicted molar refractivity (Wildman–Crippen MR) is 74.5 cm³/mol. The molecule has 1 fully saturated rings. The molecule has 2 atom stereocenters. The molecule has 0 bridgehead atoms. The lowest BCUT2D eigenvalue weighted by Gasteiger charge is -2.25. The van der Waals surface area contributed by atoms with Gasteiger partial charge in [-0.15, -0.1) is 0 Å². The van der Waals surface area contributed by atoms with Crippen LogP contribution in [0.1, 0.15) is 6.42 Å². The van der Waals surface area contributed by atoms with Gasteiger partial charge in [-0.2, -0.15) is 4.31 Å². The van der Waals surface area contributed by atoms with Crippen LogP contribution < -0.4 is 11.2 Å². The topological polar surface area (TPSA) is 127 Å². The molecule has 0 saturated carbocycles. The number of aliphatic hydroxyl groups excluding tert-OH is 1. The number of H-pyrrole nitrogens is 2. The van der Waals surface area contributed by atoms with Crippen molar-refractivity contribution < 1.29 is 13.5 Å². The Labute approximate surface area is 121 Å². The van der Waals surface area contributed by atoms with Gasteiger partial charge in [-0.05, 0) is 20.5 Å².